The average molecular weight is 301 g/mol. The molecule has 0 saturated carbocycles. The number of halogens is 2. The second-order valence-electron chi connectivity index (χ2n) is 3.29. The molecule has 0 bridgehead atoms. The molecule has 1 aromatic rings. The van der Waals surface area contributed by atoms with Gasteiger partial charge in [-0.25, -0.2) is 4.39 Å². The molecule has 1 rings (SSSR count). The lowest BCUT2D eigenvalue weighted by atomic mass is 10.2. The minimum atomic E-state index is -0.485. The predicted octanol–water partition coefficient (Wildman–Crippen LogP) is 3.59. The van der Waals surface area contributed by atoms with Crippen molar-refractivity contribution in [2.45, 2.75) is 6.92 Å². The molecule has 0 N–H and O–H groups in total. The van der Waals surface area contributed by atoms with Crippen LogP contribution in [-0.4, -0.2) is 16.2 Å². The molecule has 5 heteroatoms. The molecule has 92 valence electrons. The van der Waals surface area contributed by atoms with E-state index >= 15 is 0 Å². The molecule has 3 nitrogen and oxygen atoms in total. The van der Waals surface area contributed by atoms with Crippen molar-refractivity contribution < 1.29 is 9.13 Å². The van der Waals surface area contributed by atoms with Crippen LogP contribution in [0.1, 0.15) is 12.6 Å². The summed E-state index contributed by atoms with van der Waals surface area (Å²) in [5.41, 5.74) is 0.748. The van der Waals surface area contributed by atoms with Crippen LogP contribution in [-0.2, 0) is 7.05 Å². The first-order chi connectivity index (χ1) is 8.01. The zero-order chi connectivity index (χ0) is 13.0. The second kappa shape index (κ2) is 5.82. The maximum atomic E-state index is 13.8. The Morgan fingerprint density at radius 2 is 2.35 bits per heavy atom. The van der Waals surface area contributed by atoms with Crippen LogP contribution in [0.15, 0.2) is 35.7 Å². The predicted molar refractivity (Wildman–Crippen MR) is 70.7 cm³/mol. The highest BCUT2D eigenvalue weighted by atomic mass is 79.9. The van der Waals surface area contributed by atoms with Gasteiger partial charge in [-0.05, 0) is 22.9 Å². The Bertz CT molecular complexity index is 477. The molecule has 0 amide bonds. The third kappa shape index (κ3) is 3.06. The van der Waals surface area contributed by atoms with Crippen molar-refractivity contribution >= 4 is 21.5 Å². The Morgan fingerprint density at radius 3 is 2.82 bits per heavy atom. The van der Waals surface area contributed by atoms with Gasteiger partial charge in [-0.2, -0.15) is 4.98 Å². The van der Waals surface area contributed by atoms with Gasteiger partial charge in [0.25, 0.3) is 6.01 Å². The fraction of sp³-hybridized carbons (Fsp3) is 0.250. The first kappa shape index (κ1) is 13.7. The quantitative estimate of drug-likeness (QED) is 0.777. The molecule has 0 unspecified atom stereocenters. The monoisotopic (exact) mass is 300 g/mol. The fourth-order valence-corrected chi connectivity index (χ4v) is 1.51. The van der Waals surface area contributed by atoms with E-state index in [0.717, 1.165) is 0 Å². The molecule has 0 aliphatic heterocycles. The topological polar surface area (TPSA) is 27.1 Å². The Labute approximate surface area is 108 Å². The number of imidazole rings is 1. The van der Waals surface area contributed by atoms with Crippen LogP contribution >= 0.6 is 15.9 Å². The first-order valence-corrected chi connectivity index (χ1v) is 5.84. The number of rotatable bonds is 5. The zero-order valence-corrected chi connectivity index (χ0v) is 11.4. The summed E-state index contributed by atoms with van der Waals surface area (Å²) in [6.07, 6.45) is 3.08. The zero-order valence-electron chi connectivity index (χ0n) is 9.83. The lowest BCUT2D eigenvalue weighted by Crippen LogP contribution is -1.98. The van der Waals surface area contributed by atoms with E-state index in [0.29, 0.717) is 18.3 Å². The summed E-state index contributed by atoms with van der Waals surface area (Å²) in [4.78, 5) is 4.18. The van der Waals surface area contributed by atoms with E-state index in [2.05, 4.69) is 34.1 Å². The Morgan fingerprint density at radius 1 is 1.71 bits per heavy atom. The lowest BCUT2D eigenvalue weighted by Gasteiger charge is -2.00. The molecule has 0 aromatic carbocycles. The van der Waals surface area contributed by atoms with E-state index in [9.17, 15) is 4.39 Å². The van der Waals surface area contributed by atoms with Gasteiger partial charge in [0.1, 0.15) is 5.83 Å². The van der Waals surface area contributed by atoms with Crippen molar-refractivity contribution in [3.63, 3.8) is 0 Å². The van der Waals surface area contributed by atoms with Crippen LogP contribution in [0.3, 0.4) is 0 Å². The van der Waals surface area contributed by atoms with Gasteiger partial charge in [0, 0.05) is 23.3 Å². The lowest BCUT2D eigenvalue weighted by molar-refractivity contribution is 0.302. The van der Waals surface area contributed by atoms with Gasteiger partial charge in [-0.15, -0.1) is 0 Å². The van der Waals surface area contributed by atoms with E-state index in [4.69, 9.17) is 4.74 Å². The minimum absolute atomic E-state index is 0.163. The highest BCUT2D eigenvalue weighted by Gasteiger charge is 2.13. The fourth-order valence-electron chi connectivity index (χ4n) is 1.30. The Kier molecular flexibility index (Phi) is 4.69. The van der Waals surface area contributed by atoms with Gasteiger partial charge in [0.05, 0.1) is 12.3 Å². The molecule has 0 atom stereocenters. The summed E-state index contributed by atoms with van der Waals surface area (Å²) in [6.45, 7) is 9.43. The molecule has 17 heavy (non-hydrogen) atoms. The minimum Gasteiger partial charge on any atom is -0.465 e. The van der Waals surface area contributed by atoms with Crippen molar-refractivity contribution in [3.05, 3.63) is 41.4 Å². The van der Waals surface area contributed by atoms with Gasteiger partial charge in [0.2, 0.25) is 0 Å². The number of hydrogen-bond acceptors (Lipinski definition) is 2. The maximum Gasteiger partial charge on any atom is 0.296 e. The number of allylic oxidation sites excluding steroid dienone is 4. The summed E-state index contributed by atoms with van der Waals surface area (Å²) < 4.78 is 20.9. The van der Waals surface area contributed by atoms with Crippen LogP contribution < -0.4 is 4.74 Å². The molecular formula is C12H14BrFN2O. The van der Waals surface area contributed by atoms with Crippen LogP contribution in [0.25, 0.3) is 5.57 Å². The molecule has 1 heterocycles. The van der Waals surface area contributed by atoms with Crippen LogP contribution in [0.2, 0.25) is 0 Å². The van der Waals surface area contributed by atoms with E-state index in [-0.39, 0.29) is 10.1 Å². The van der Waals surface area contributed by atoms with Gasteiger partial charge >= 0.3 is 0 Å². The van der Waals surface area contributed by atoms with Crippen LogP contribution in [0.4, 0.5) is 4.39 Å². The van der Waals surface area contributed by atoms with Gasteiger partial charge in [-0.1, -0.05) is 19.2 Å². The third-order valence-electron chi connectivity index (χ3n) is 2.06. The molecule has 0 saturated heterocycles. The summed E-state index contributed by atoms with van der Waals surface area (Å²) >= 11 is 2.99. The molecule has 0 aliphatic rings. The number of ether oxygens (including phenoxy) is 1. The standard InChI is InChI=1S/C12H14BrFN2O/c1-5-9(11(14)8(3)13)10-7-16(4)12(15-10)17-6-2/h5,7H,1,3,6H2,2,4H3/b11-9-. The van der Waals surface area contributed by atoms with E-state index < -0.39 is 5.83 Å². The van der Waals surface area contributed by atoms with Crippen molar-refractivity contribution in [2.75, 3.05) is 6.61 Å². The van der Waals surface area contributed by atoms with Gasteiger partial charge < -0.3 is 9.30 Å². The molecule has 0 radical (unpaired) electrons. The Hall–Kier alpha value is -1.36. The smallest absolute Gasteiger partial charge is 0.296 e. The average Bonchev–Trinajstić information content (AvgIpc) is 2.61. The second-order valence-corrected chi connectivity index (χ2v) is 4.25. The number of nitrogens with zero attached hydrogens (tertiary/aromatic N) is 2. The van der Waals surface area contributed by atoms with Crippen LogP contribution in [0.5, 0.6) is 6.01 Å². The molecular weight excluding hydrogens is 287 g/mol. The molecule has 0 aliphatic carbocycles. The summed E-state index contributed by atoms with van der Waals surface area (Å²) in [6, 6.07) is 0.440. The van der Waals surface area contributed by atoms with E-state index in [1.165, 1.54) is 6.08 Å². The molecule has 0 spiro atoms. The largest absolute Gasteiger partial charge is 0.465 e. The summed E-state index contributed by atoms with van der Waals surface area (Å²) in [5.74, 6) is -0.485. The van der Waals surface area contributed by atoms with Crippen LogP contribution in [0, 0.1) is 0 Å². The highest BCUT2D eigenvalue weighted by Crippen LogP contribution is 2.28. The van der Waals surface area contributed by atoms with Crippen molar-refractivity contribution in [1.29, 1.82) is 0 Å². The number of aromatic nitrogens is 2. The van der Waals surface area contributed by atoms with Gasteiger partial charge in [-0.3, -0.25) is 0 Å². The summed E-state index contributed by atoms with van der Waals surface area (Å²) in [7, 11) is 1.78. The van der Waals surface area contributed by atoms with Gasteiger partial charge in [0.15, 0.2) is 0 Å². The maximum absolute atomic E-state index is 13.8. The third-order valence-corrected chi connectivity index (χ3v) is 2.41. The van der Waals surface area contributed by atoms with Crippen molar-refractivity contribution in [1.82, 2.24) is 9.55 Å². The number of aryl methyl sites for hydroxylation is 1. The van der Waals surface area contributed by atoms with E-state index in [1.807, 2.05) is 6.92 Å². The number of hydrogen-bond donors (Lipinski definition) is 0. The van der Waals surface area contributed by atoms with Crippen molar-refractivity contribution in [3.8, 4) is 6.01 Å². The van der Waals surface area contributed by atoms with Crippen molar-refractivity contribution in [2.24, 2.45) is 7.05 Å². The SMILES string of the molecule is C=C/C(=C(/F)C(=C)Br)c1cn(C)c(OCC)n1. The first-order valence-electron chi connectivity index (χ1n) is 5.04. The summed E-state index contributed by atoms with van der Waals surface area (Å²) in [5, 5.41) is 0. The van der Waals surface area contributed by atoms with E-state index in [1.54, 1.807) is 17.8 Å². The Balaban J connectivity index is 3.23. The molecule has 0 fully saturated rings. The normalized spacial score (nSPS) is 12.0. The highest BCUT2D eigenvalue weighted by molar-refractivity contribution is 9.11. The molecule has 1 aromatic heterocycles.